The molecule has 4 nitrogen and oxygen atoms in total. The van der Waals surface area contributed by atoms with Crippen LogP contribution in [0.1, 0.15) is 6.42 Å². The number of alkyl halides is 1. The number of Topliss-reactive ketones (excluding diaryl/α,β-unsaturated/α-hetero) is 1. The average Bonchev–Trinajstić information content (AvgIpc) is 2.33. The smallest absolute Gasteiger partial charge is 0.243 e. The van der Waals surface area contributed by atoms with Gasteiger partial charge in [-0.05, 0) is 18.6 Å². The lowest BCUT2D eigenvalue weighted by atomic mass is 10.1. The molecule has 0 aliphatic carbocycles. The average molecular weight is 318 g/mol. The maximum absolute atomic E-state index is 12.2. The quantitative estimate of drug-likeness (QED) is 0.775. The van der Waals surface area contributed by atoms with Gasteiger partial charge in [0.25, 0.3) is 0 Å². The first-order valence-electron chi connectivity index (χ1n) is 5.24. The Morgan fingerprint density at radius 1 is 1.24 bits per heavy atom. The van der Waals surface area contributed by atoms with Crippen molar-refractivity contribution in [3.63, 3.8) is 0 Å². The zero-order valence-corrected chi connectivity index (χ0v) is 11.4. The van der Waals surface area contributed by atoms with Gasteiger partial charge in [-0.25, -0.2) is 8.42 Å². The monoisotopic (exact) mass is 317 g/mol. The molecule has 1 aliphatic heterocycles. The van der Waals surface area contributed by atoms with Crippen molar-refractivity contribution in [2.45, 2.75) is 16.1 Å². The molecule has 0 bridgehead atoms. The van der Waals surface area contributed by atoms with E-state index in [9.17, 15) is 13.2 Å². The summed E-state index contributed by atoms with van der Waals surface area (Å²) in [6.07, 6.45) is 0.519. The molecule has 0 amide bonds. The second-order valence-electron chi connectivity index (χ2n) is 3.87. The van der Waals surface area contributed by atoms with Crippen molar-refractivity contribution in [2.75, 3.05) is 13.1 Å². The molecular weight excluding hydrogens is 306 g/mol. The van der Waals surface area contributed by atoms with Crippen LogP contribution in [0.3, 0.4) is 0 Å². The molecular formula is C11H12BrNO3S. The maximum atomic E-state index is 12.2. The highest BCUT2D eigenvalue weighted by atomic mass is 79.9. The number of sulfonamides is 1. The number of hydrogen-bond donors (Lipinski definition) is 0. The Bertz CT molecular complexity index is 515. The number of piperidine rings is 1. The van der Waals surface area contributed by atoms with E-state index in [1.54, 1.807) is 30.3 Å². The molecule has 0 radical (unpaired) electrons. The van der Waals surface area contributed by atoms with Gasteiger partial charge in [0, 0.05) is 6.54 Å². The topological polar surface area (TPSA) is 54.5 Å². The van der Waals surface area contributed by atoms with Crippen LogP contribution in [-0.2, 0) is 14.8 Å². The van der Waals surface area contributed by atoms with Crippen LogP contribution in [0.25, 0.3) is 0 Å². The van der Waals surface area contributed by atoms with Gasteiger partial charge in [-0.15, -0.1) is 0 Å². The van der Waals surface area contributed by atoms with E-state index in [-0.39, 0.29) is 22.1 Å². The molecule has 0 spiro atoms. The second kappa shape index (κ2) is 4.88. The van der Waals surface area contributed by atoms with Gasteiger partial charge in [0.2, 0.25) is 10.0 Å². The van der Waals surface area contributed by atoms with Crippen LogP contribution in [0.4, 0.5) is 0 Å². The van der Waals surface area contributed by atoms with E-state index in [0.717, 1.165) is 0 Å². The number of hydrogen-bond acceptors (Lipinski definition) is 3. The largest absolute Gasteiger partial charge is 0.297 e. The van der Waals surface area contributed by atoms with Gasteiger partial charge < -0.3 is 0 Å². The molecule has 1 saturated heterocycles. The normalized spacial score (nSPS) is 22.6. The maximum Gasteiger partial charge on any atom is 0.243 e. The Hall–Kier alpha value is -0.720. The molecule has 1 aliphatic rings. The molecule has 0 N–H and O–H groups in total. The number of carbonyl (C=O) groups is 1. The molecule has 17 heavy (non-hydrogen) atoms. The summed E-state index contributed by atoms with van der Waals surface area (Å²) in [5, 5.41) is 0. The van der Waals surface area contributed by atoms with Crippen LogP contribution >= 0.6 is 15.9 Å². The number of ketones is 1. The van der Waals surface area contributed by atoms with Crippen molar-refractivity contribution in [3.8, 4) is 0 Å². The summed E-state index contributed by atoms with van der Waals surface area (Å²) in [4.78, 5) is 11.5. The van der Waals surface area contributed by atoms with Crippen LogP contribution in [0.2, 0.25) is 0 Å². The van der Waals surface area contributed by atoms with Gasteiger partial charge in [0.1, 0.15) is 0 Å². The van der Waals surface area contributed by atoms with Gasteiger partial charge in [-0.3, -0.25) is 4.79 Å². The summed E-state index contributed by atoms with van der Waals surface area (Å²) in [6.45, 7) is 0.325. The number of carbonyl (C=O) groups excluding carboxylic acids is 1. The molecule has 0 aromatic heterocycles. The lowest BCUT2D eigenvalue weighted by Gasteiger charge is -2.27. The minimum absolute atomic E-state index is 0.0485. The second-order valence-corrected chi connectivity index (χ2v) is 6.92. The highest BCUT2D eigenvalue weighted by molar-refractivity contribution is 9.10. The fraction of sp³-hybridized carbons (Fsp3) is 0.364. The standard InChI is InChI=1S/C11H12BrNO3S/c12-10-6-7-13(8-11(10)14)17(15,16)9-4-2-1-3-5-9/h1-5,10H,6-8H2. The third kappa shape index (κ3) is 2.59. The predicted molar refractivity (Wildman–Crippen MR) is 67.5 cm³/mol. The summed E-state index contributed by atoms with van der Waals surface area (Å²) in [5.41, 5.74) is 0. The lowest BCUT2D eigenvalue weighted by Crippen LogP contribution is -2.44. The molecule has 1 unspecified atom stereocenters. The van der Waals surface area contributed by atoms with Gasteiger partial charge in [-0.2, -0.15) is 4.31 Å². The third-order valence-corrected chi connectivity index (χ3v) is 5.52. The Morgan fingerprint density at radius 2 is 1.88 bits per heavy atom. The minimum Gasteiger partial charge on any atom is -0.297 e. The summed E-state index contributed by atoms with van der Waals surface area (Å²) in [5.74, 6) is -0.0873. The van der Waals surface area contributed by atoms with Crippen LogP contribution in [0.15, 0.2) is 35.2 Å². The molecule has 1 aromatic rings. The first-order chi connectivity index (χ1) is 8.01. The Kier molecular flexibility index (Phi) is 3.65. The number of halogens is 1. The first kappa shape index (κ1) is 12.7. The SMILES string of the molecule is O=C1CN(S(=O)(=O)c2ccccc2)CCC1Br. The highest BCUT2D eigenvalue weighted by Gasteiger charge is 2.32. The van der Waals surface area contributed by atoms with Crippen LogP contribution < -0.4 is 0 Å². The van der Waals surface area contributed by atoms with E-state index in [1.807, 2.05) is 0 Å². The lowest BCUT2D eigenvalue weighted by molar-refractivity contribution is -0.120. The molecule has 0 saturated carbocycles. The third-order valence-electron chi connectivity index (χ3n) is 2.69. The number of benzene rings is 1. The van der Waals surface area contributed by atoms with E-state index >= 15 is 0 Å². The van der Waals surface area contributed by atoms with Crippen LogP contribution in [0.5, 0.6) is 0 Å². The Morgan fingerprint density at radius 3 is 2.47 bits per heavy atom. The van der Waals surface area contributed by atoms with Crippen molar-refractivity contribution in [1.82, 2.24) is 4.31 Å². The molecule has 1 heterocycles. The fourth-order valence-corrected chi connectivity index (χ4v) is 3.51. The molecule has 1 atom stereocenters. The van der Waals surface area contributed by atoms with E-state index in [1.165, 1.54) is 4.31 Å². The van der Waals surface area contributed by atoms with Crippen LogP contribution in [-0.4, -0.2) is 36.4 Å². The van der Waals surface area contributed by atoms with E-state index in [4.69, 9.17) is 0 Å². The van der Waals surface area contributed by atoms with Gasteiger partial charge in [0.15, 0.2) is 5.78 Å². The van der Waals surface area contributed by atoms with Crippen LogP contribution in [0, 0.1) is 0 Å². The van der Waals surface area contributed by atoms with Gasteiger partial charge >= 0.3 is 0 Å². The zero-order chi connectivity index (χ0) is 12.5. The number of rotatable bonds is 2. The van der Waals surface area contributed by atoms with Crippen molar-refractivity contribution in [3.05, 3.63) is 30.3 Å². The summed E-state index contributed by atoms with van der Waals surface area (Å²) in [7, 11) is -3.53. The molecule has 1 fully saturated rings. The van der Waals surface area contributed by atoms with Crippen molar-refractivity contribution in [2.24, 2.45) is 0 Å². The van der Waals surface area contributed by atoms with E-state index in [0.29, 0.717) is 13.0 Å². The molecule has 6 heteroatoms. The Balaban J connectivity index is 2.26. The Labute approximate surface area is 109 Å². The van der Waals surface area contributed by atoms with Gasteiger partial charge in [0.05, 0.1) is 16.3 Å². The minimum atomic E-state index is -3.53. The van der Waals surface area contributed by atoms with Crippen molar-refractivity contribution < 1.29 is 13.2 Å². The predicted octanol–water partition coefficient (Wildman–Crippen LogP) is 1.41. The molecule has 92 valence electrons. The van der Waals surface area contributed by atoms with Crippen molar-refractivity contribution in [1.29, 1.82) is 0 Å². The summed E-state index contributed by atoms with van der Waals surface area (Å²) in [6, 6.07) is 8.19. The van der Waals surface area contributed by atoms with E-state index < -0.39 is 10.0 Å². The van der Waals surface area contributed by atoms with Gasteiger partial charge in [-0.1, -0.05) is 34.1 Å². The first-order valence-corrected chi connectivity index (χ1v) is 7.59. The van der Waals surface area contributed by atoms with Crippen molar-refractivity contribution >= 4 is 31.7 Å². The molecule has 1 aromatic carbocycles. The summed E-state index contributed by atoms with van der Waals surface area (Å²) >= 11 is 3.23. The number of nitrogens with zero attached hydrogens (tertiary/aromatic N) is 1. The summed E-state index contributed by atoms with van der Waals surface area (Å²) < 4.78 is 25.6. The van der Waals surface area contributed by atoms with E-state index in [2.05, 4.69) is 15.9 Å². The highest BCUT2D eigenvalue weighted by Crippen LogP contribution is 2.21. The molecule has 2 rings (SSSR count). The fourth-order valence-electron chi connectivity index (χ4n) is 1.72. The zero-order valence-electron chi connectivity index (χ0n) is 9.04.